The van der Waals surface area contributed by atoms with Crippen LogP contribution in [-0.2, 0) is 13.6 Å². The minimum Gasteiger partial charge on any atom is -0.432 e. The van der Waals surface area contributed by atoms with Crippen LogP contribution in [0.3, 0.4) is 0 Å². The maximum absolute atomic E-state index is 13.6. The molecule has 0 saturated heterocycles. The van der Waals surface area contributed by atoms with Crippen LogP contribution in [0.25, 0.3) is 0 Å². The highest BCUT2D eigenvalue weighted by Crippen LogP contribution is 2.20. The van der Waals surface area contributed by atoms with Crippen molar-refractivity contribution in [3.63, 3.8) is 0 Å². The third kappa shape index (κ3) is 4.15. The lowest BCUT2D eigenvalue weighted by Gasteiger charge is -2.10. The number of halogens is 3. The van der Waals surface area contributed by atoms with Crippen molar-refractivity contribution in [3.8, 4) is 5.75 Å². The highest BCUT2D eigenvalue weighted by Gasteiger charge is 2.13. The van der Waals surface area contributed by atoms with E-state index in [0.29, 0.717) is 11.3 Å². The first-order valence-corrected chi connectivity index (χ1v) is 6.96. The van der Waals surface area contributed by atoms with E-state index in [-0.39, 0.29) is 12.1 Å². The molecular weight excluding hydrogens is 325 g/mol. The monoisotopic (exact) mass is 340 g/mol. The second-order valence-corrected chi connectivity index (χ2v) is 5.13. The van der Waals surface area contributed by atoms with Crippen LogP contribution in [0.2, 0.25) is 0 Å². The Kier molecular flexibility index (Phi) is 5.28. The molecule has 1 aromatic carbocycles. The van der Waals surface area contributed by atoms with Crippen LogP contribution in [0, 0.1) is 12.7 Å². The number of hydrogen-bond donors (Lipinski definition) is 1. The molecule has 0 aliphatic rings. The molecule has 5 nitrogen and oxygen atoms in total. The number of nitrogens with one attached hydrogen (secondary N) is 1. The summed E-state index contributed by atoms with van der Waals surface area (Å²) in [5.74, 6) is -2.15. The third-order valence-corrected chi connectivity index (χ3v) is 3.39. The quantitative estimate of drug-likeness (QED) is 0.909. The summed E-state index contributed by atoms with van der Waals surface area (Å²) >= 11 is 0. The predicted octanol–water partition coefficient (Wildman–Crippen LogP) is 2.36. The van der Waals surface area contributed by atoms with Crippen molar-refractivity contribution >= 4 is 5.91 Å². The molecule has 24 heavy (non-hydrogen) atoms. The minimum atomic E-state index is -3.12. The van der Waals surface area contributed by atoms with Crippen molar-refractivity contribution < 1.29 is 22.7 Å². The number of hydrogen-bond acceptors (Lipinski definition) is 3. The van der Waals surface area contributed by atoms with Gasteiger partial charge in [0.05, 0.1) is 0 Å². The zero-order valence-corrected chi connectivity index (χ0v) is 13.0. The first-order chi connectivity index (χ1) is 11.3. The van der Waals surface area contributed by atoms with E-state index in [4.69, 9.17) is 0 Å². The highest BCUT2D eigenvalue weighted by atomic mass is 19.3. The van der Waals surface area contributed by atoms with E-state index in [9.17, 15) is 22.8 Å². The van der Waals surface area contributed by atoms with E-state index < -0.39 is 29.5 Å². The van der Waals surface area contributed by atoms with Crippen molar-refractivity contribution in [2.24, 2.45) is 7.05 Å². The van der Waals surface area contributed by atoms with Crippen molar-refractivity contribution in [2.45, 2.75) is 20.1 Å². The lowest BCUT2D eigenvalue weighted by molar-refractivity contribution is -0.0522. The number of benzene rings is 1. The van der Waals surface area contributed by atoms with Crippen LogP contribution < -0.4 is 15.5 Å². The lowest BCUT2D eigenvalue weighted by Crippen LogP contribution is -2.29. The van der Waals surface area contributed by atoms with Crippen molar-refractivity contribution in [1.29, 1.82) is 0 Å². The van der Waals surface area contributed by atoms with Gasteiger partial charge in [0.1, 0.15) is 5.56 Å². The second kappa shape index (κ2) is 7.20. The Hall–Kier alpha value is -2.77. The largest absolute Gasteiger partial charge is 0.432 e. The van der Waals surface area contributed by atoms with Gasteiger partial charge >= 0.3 is 6.61 Å². The molecule has 0 fully saturated rings. The van der Waals surface area contributed by atoms with Gasteiger partial charge in [0, 0.05) is 31.5 Å². The molecule has 1 heterocycles. The van der Waals surface area contributed by atoms with Crippen molar-refractivity contribution in [1.82, 2.24) is 9.88 Å². The number of aromatic nitrogens is 1. The van der Waals surface area contributed by atoms with Gasteiger partial charge in [-0.05, 0) is 24.6 Å². The van der Waals surface area contributed by atoms with Gasteiger partial charge in [-0.3, -0.25) is 9.59 Å². The Morgan fingerprint density at radius 1 is 1.33 bits per heavy atom. The molecular formula is C16H15F3N2O3. The van der Waals surface area contributed by atoms with E-state index in [0.717, 1.165) is 12.1 Å². The van der Waals surface area contributed by atoms with Crippen molar-refractivity contribution in [2.75, 3.05) is 0 Å². The van der Waals surface area contributed by atoms with E-state index in [2.05, 4.69) is 10.1 Å². The number of nitrogens with zero attached hydrogens (tertiary/aromatic N) is 1. The number of carbonyl (C=O) groups is 1. The number of alkyl halides is 2. The molecule has 1 amide bonds. The Bertz CT molecular complexity index is 819. The summed E-state index contributed by atoms with van der Waals surface area (Å²) in [6, 6.07) is 4.71. The Morgan fingerprint density at radius 3 is 2.67 bits per heavy atom. The summed E-state index contributed by atoms with van der Waals surface area (Å²) < 4.78 is 43.3. The Labute approximate surface area is 135 Å². The van der Waals surface area contributed by atoms with Crippen LogP contribution >= 0.6 is 0 Å². The number of carbonyl (C=O) groups excluding carboxylic acids is 1. The molecule has 0 aliphatic heterocycles. The lowest BCUT2D eigenvalue weighted by atomic mass is 10.2. The number of aryl methyl sites for hydroxylation is 2. The first kappa shape index (κ1) is 17.6. The normalized spacial score (nSPS) is 10.8. The summed E-state index contributed by atoms with van der Waals surface area (Å²) in [6.45, 7) is -1.46. The van der Waals surface area contributed by atoms with Crippen molar-refractivity contribution in [3.05, 3.63) is 63.3 Å². The molecule has 2 aromatic rings. The summed E-state index contributed by atoms with van der Waals surface area (Å²) in [5, 5.41) is 2.48. The molecule has 0 atom stereocenters. The zero-order chi connectivity index (χ0) is 17.9. The topological polar surface area (TPSA) is 60.3 Å². The van der Waals surface area contributed by atoms with Crippen LogP contribution in [0.15, 0.2) is 35.3 Å². The molecule has 0 saturated carbocycles. The number of ether oxygens (including phenoxy) is 1. The third-order valence-electron chi connectivity index (χ3n) is 3.39. The fourth-order valence-corrected chi connectivity index (χ4v) is 2.02. The summed E-state index contributed by atoms with van der Waals surface area (Å²) in [4.78, 5) is 23.9. The molecule has 2 rings (SSSR count). The maximum atomic E-state index is 13.6. The number of pyridine rings is 1. The standard InChI is InChI=1S/C16H15F3N2O3/c1-9-5-13(22)11(8-21(9)2)15(23)20-7-10-3-4-14(12(17)6-10)24-16(18)19/h3-6,8,16H,7H2,1-2H3,(H,20,23). The highest BCUT2D eigenvalue weighted by molar-refractivity contribution is 5.93. The first-order valence-electron chi connectivity index (χ1n) is 6.96. The molecule has 128 valence electrons. The van der Waals surface area contributed by atoms with E-state index in [1.165, 1.54) is 18.3 Å². The van der Waals surface area contributed by atoms with Gasteiger partial charge in [0.15, 0.2) is 17.0 Å². The molecule has 1 aromatic heterocycles. The van der Waals surface area contributed by atoms with E-state index in [1.807, 2.05) is 0 Å². The van der Waals surface area contributed by atoms with Crippen LogP contribution in [0.1, 0.15) is 21.6 Å². The fraction of sp³-hybridized carbons (Fsp3) is 0.250. The van der Waals surface area contributed by atoms with Gasteiger partial charge in [0.25, 0.3) is 5.91 Å². The van der Waals surface area contributed by atoms with Gasteiger partial charge in [-0.1, -0.05) is 6.07 Å². The summed E-state index contributed by atoms with van der Waals surface area (Å²) in [7, 11) is 1.70. The second-order valence-electron chi connectivity index (χ2n) is 5.13. The fourth-order valence-electron chi connectivity index (χ4n) is 2.02. The molecule has 0 spiro atoms. The summed E-state index contributed by atoms with van der Waals surface area (Å²) in [6.07, 6.45) is 1.41. The zero-order valence-electron chi connectivity index (χ0n) is 13.0. The average molecular weight is 340 g/mol. The maximum Gasteiger partial charge on any atom is 0.387 e. The predicted molar refractivity (Wildman–Crippen MR) is 80.6 cm³/mol. The van der Waals surface area contributed by atoms with E-state index in [1.54, 1.807) is 18.5 Å². The Morgan fingerprint density at radius 2 is 2.04 bits per heavy atom. The van der Waals surface area contributed by atoms with Gasteiger partial charge in [0.2, 0.25) is 0 Å². The SMILES string of the molecule is Cc1cc(=O)c(C(=O)NCc2ccc(OC(F)F)c(F)c2)cn1C. The molecule has 0 radical (unpaired) electrons. The number of amides is 1. The minimum absolute atomic E-state index is 0.0405. The molecule has 0 aliphatic carbocycles. The van der Waals surface area contributed by atoms with Gasteiger partial charge < -0.3 is 14.6 Å². The smallest absolute Gasteiger partial charge is 0.387 e. The van der Waals surface area contributed by atoms with Crippen LogP contribution in [-0.4, -0.2) is 17.1 Å². The molecule has 1 N–H and O–H groups in total. The van der Waals surface area contributed by atoms with Gasteiger partial charge in [-0.15, -0.1) is 0 Å². The number of rotatable bonds is 5. The summed E-state index contributed by atoms with van der Waals surface area (Å²) in [5.41, 5.74) is 0.579. The average Bonchev–Trinajstić information content (AvgIpc) is 2.50. The Balaban J connectivity index is 2.08. The van der Waals surface area contributed by atoms with E-state index >= 15 is 0 Å². The molecule has 0 bridgehead atoms. The van der Waals surface area contributed by atoms with Gasteiger partial charge in [-0.25, -0.2) is 4.39 Å². The van der Waals surface area contributed by atoms with Gasteiger partial charge in [-0.2, -0.15) is 8.78 Å². The van der Waals surface area contributed by atoms with Crippen LogP contribution in [0.4, 0.5) is 13.2 Å². The van der Waals surface area contributed by atoms with Crippen LogP contribution in [0.5, 0.6) is 5.75 Å². The molecule has 8 heteroatoms. The molecule has 0 unspecified atom stereocenters.